The molecule has 3 saturated heterocycles. The second-order valence-electron chi connectivity index (χ2n) is 7.23. The molecule has 0 aliphatic carbocycles. The summed E-state index contributed by atoms with van der Waals surface area (Å²) in [6.45, 7) is 1.92. The molecule has 9 nitrogen and oxygen atoms in total. The number of anilines is 1. The van der Waals surface area contributed by atoms with Gasteiger partial charge < -0.3 is 11.1 Å². The standard InChI is InChI=1S/C18H24N6O3/c19-14(25)11-6-8-23(9-7-11)17-20-10-13-15(21-17)22-18(27)24(16(13)26)12-4-2-1-3-5-12/h1-5,11,13,15,17,20-21H,6-10H2,(H2,19,25)(H,22,27). The molecule has 4 amide bonds. The van der Waals surface area contributed by atoms with E-state index in [1.54, 1.807) is 24.3 Å². The number of nitrogens with two attached hydrogens (primary N) is 1. The molecule has 0 bridgehead atoms. The van der Waals surface area contributed by atoms with Gasteiger partial charge in [0.15, 0.2) is 0 Å². The molecule has 1 aromatic carbocycles. The van der Waals surface area contributed by atoms with Gasteiger partial charge in [-0.15, -0.1) is 0 Å². The Bertz CT molecular complexity index is 734. The molecule has 0 spiro atoms. The molecular weight excluding hydrogens is 348 g/mol. The first-order valence-corrected chi connectivity index (χ1v) is 9.27. The predicted octanol–water partition coefficient (Wildman–Crippen LogP) is -0.641. The van der Waals surface area contributed by atoms with E-state index < -0.39 is 12.2 Å². The van der Waals surface area contributed by atoms with Crippen LogP contribution in [0.1, 0.15) is 12.8 Å². The van der Waals surface area contributed by atoms with Gasteiger partial charge in [-0.3, -0.25) is 25.1 Å². The Labute approximate surface area is 157 Å². The first-order chi connectivity index (χ1) is 13.0. The lowest BCUT2D eigenvalue weighted by Gasteiger charge is -2.47. The van der Waals surface area contributed by atoms with Crippen LogP contribution in [0.25, 0.3) is 0 Å². The number of likely N-dealkylation sites (tertiary alicyclic amines) is 1. The number of piperidine rings is 1. The molecule has 5 N–H and O–H groups in total. The molecule has 0 aromatic heterocycles. The summed E-state index contributed by atoms with van der Waals surface area (Å²) in [6, 6.07) is 8.50. The van der Waals surface area contributed by atoms with E-state index >= 15 is 0 Å². The van der Waals surface area contributed by atoms with Crippen molar-refractivity contribution in [1.29, 1.82) is 0 Å². The summed E-state index contributed by atoms with van der Waals surface area (Å²) in [5.74, 6) is -0.929. The molecule has 1 aromatic rings. The van der Waals surface area contributed by atoms with Gasteiger partial charge >= 0.3 is 6.03 Å². The van der Waals surface area contributed by atoms with Gasteiger partial charge in [0.1, 0.15) is 6.29 Å². The zero-order valence-electron chi connectivity index (χ0n) is 14.9. The highest BCUT2D eigenvalue weighted by molar-refractivity contribution is 6.17. The minimum absolute atomic E-state index is 0.0759. The van der Waals surface area contributed by atoms with Crippen molar-refractivity contribution in [1.82, 2.24) is 20.9 Å². The normalized spacial score (nSPS) is 29.9. The average molecular weight is 372 g/mol. The Balaban J connectivity index is 1.41. The number of nitrogens with one attached hydrogen (secondary N) is 3. The predicted molar refractivity (Wildman–Crippen MR) is 98.2 cm³/mol. The van der Waals surface area contributed by atoms with E-state index in [2.05, 4.69) is 20.9 Å². The van der Waals surface area contributed by atoms with Crippen molar-refractivity contribution in [3.63, 3.8) is 0 Å². The van der Waals surface area contributed by atoms with Crippen LogP contribution in [-0.2, 0) is 9.59 Å². The van der Waals surface area contributed by atoms with Crippen LogP contribution >= 0.6 is 0 Å². The maximum Gasteiger partial charge on any atom is 0.330 e. The van der Waals surface area contributed by atoms with Crippen molar-refractivity contribution in [2.45, 2.75) is 25.3 Å². The molecule has 3 aliphatic heterocycles. The summed E-state index contributed by atoms with van der Waals surface area (Å²) >= 11 is 0. The number of nitrogens with zero attached hydrogens (tertiary/aromatic N) is 2. The third kappa shape index (κ3) is 3.41. The van der Waals surface area contributed by atoms with Crippen LogP contribution in [0.2, 0.25) is 0 Å². The SMILES string of the molecule is NC(=O)C1CCN(C2NCC3C(=O)N(c4ccccc4)C(=O)NC3N2)CC1. The number of fused-ring (bicyclic) bond motifs is 1. The molecule has 144 valence electrons. The number of imide groups is 1. The Morgan fingerprint density at radius 3 is 2.48 bits per heavy atom. The largest absolute Gasteiger partial charge is 0.369 e. The van der Waals surface area contributed by atoms with Gasteiger partial charge in [-0.1, -0.05) is 18.2 Å². The molecule has 4 rings (SSSR count). The van der Waals surface area contributed by atoms with Crippen LogP contribution in [-0.4, -0.2) is 54.8 Å². The third-order valence-electron chi connectivity index (χ3n) is 5.60. The van der Waals surface area contributed by atoms with E-state index in [0.717, 1.165) is 25.9 Å². The van der Waals surface area contributed by atoms with E-state index in [1.165, 1.54) is 4.90 Å². The van der Waals surface area contributed by atoms with E-state index in [-0.39, 0.29) is 29.9 Å². The number of carbonyl (C=O) groups excluding carboxylic acids is 3. The van der Waals surface area contributed by atoms with Crippen LogP contribution in [0.15, 0.2) is 30.3 Å². The van der Waals surface area contributed by atoms with E-state index in [4.69, 9.17) is 5.73 Å². The number of hydrogen-bond acceptors (Lipinski definition) is 6. The lowest BCUT2D eigenvalue weighted by molar-refractivity contribution is -0.127. The number of amides is 4. The van der Waals surface area contributed by atoms with Gasteiger partial charge in [0.05, 0.1) is 17.8 Å². The minimum atomic E-state index is -0.426. The smallest absolute Gasteiger partial charge is 0.330 e. The highest BCUT2D eigenvalue weighted by atomic mass is 16.2. The number of carbonyl (C=O) groups is 3. The summed E-state index contributed by atoms with van der Waals surface area (Å²) in [7, 11) is 0. The van der Waals surface area contributed by atoms with Gasteiger partial charge in [-0.05, 0) is 25.0 Å². The van der Waals surface area contributed by atoms with E-state index in [9.17, 15) is 14.4 Å². The Morgan fingerprint density at radius 2 is 1.81 bits per heavy atom. The number of benzene rings is 1. The molecule has 0 saturated carbocycles. The number of hydrogen-bond donors (Lipinski definition) is 4. The summed E-state index contributed by atoms with van der Waals surface area (Å²) in [6.07, 6.45) is 0.855. The summed E-state index contributed by atoms with van der Waals surface area (Å²) < 4.78 is 0. The number of para-hydroxylation sites is 1. The Kier molecular flexibility index (Phi) is 4.81. The molecular formula is C18H24N6O3. The summed E-state index contributed by atoms with van der Waals surface area (Å²) in [4.78, 5) is 40.1. The quantitative estimate of drug-likeness (QED) is 0.560. The van der Waals surface area contributed by atoms with Crippen molar-refractivity contribution in [3.8, 4) is 0 Å². The zero-order chi connectivity index (χ0) is 19.0. The van der Waals surface area contributed by atoms with Crippen LogP contribution in [0.3, 0.4) is 0 Å². The summed E-state index contributed by atoms with van der Waals surface area (Å²) in [5, 5.41) is 9.58. The van der Waals surface area contributed by atoms with Crippen molar-refractivity contribution >= 4 is 23.5 Å². The lowest BCUT2D eigenvalue weighted by Crippen LogP contribution is -2.75. The maximum absolute atomic E-state index is 12.9. The van der Waals surface area contributed by atoms with Crippen LogP contribution in [0, 0.1) is 11.8 Å². The highest BCUT2D eigenvalue weighted by Crippen LogP contribution is 2.24. The van der Waals surface area contributed by atoms with Crippen molar-refractivity contribution < 1.29 is 14.4 Å². The van der Waals surface area contributed by atoms with Crippen LogP contribution in [0.4, 0.5) is 10.5 Å². The Hall–Kier alpha value is -2.49. The van der Waals surface area contributed by atoms with E-state index in [0.29, 0.717) is 12.2 Å². The lowest BCUT2D eigenvalue weighted by atomic mass is 9.95. The molecule has 3 aliphatic rings. The maximum atomic E-state index is 12.9. The molecule has 3 unspecified atom stereocenters. The van der Waals surface area contributed by atoms with Gasteiger partial charge in [-0.2, -0.15) is 0 Å². The third-order valence-corrected chi connectivity index (χ3v) is 5.60. The second-order valence-corrected chi connectivity index (χ2v) is 7.23. The number of rotatable bonds is 3. The first kappa shape index (κ1) is 17.9. The fourth-order valence-electron chi connectivity index (χ4n) is 4.04. The zero-order valence-corrected chi connectivity index (χ0v) is 14.9. The topological polar surface area (TPSA) is 120 Å². The van der Waals surface area contributed by atoms with Gasteiger partial charge in [0, 0.05) is 25.6 Å². The molecule has 3 atom stereocenters. The van der Waals surface area contributed by atoms with Gasteiger partial charge in [0.2, 0.25) is 11.8 Å². The fourth-order valence-corrected chi connectivity index (χ4v) is 4.04. The van der Waals surface area contributed by atoms with Crippen molar-refractivity contribution in [2.24, 2.45) is 17.6 Å². The molecule has 3 fully saturated rings. The molecule has 27 heavy (non-hydrogen) atoms. The highest BCUT2D eigenvalue weighted by Gasteiger charge is 2.45. The minimum Gasteiger partial charge on any atom is -0.369 e. The second kappa shape index (κ2) is 7.26. The summed E-state index contributed by atoms with van der Waals surface area (Å²) in [5.41, 5.74) is 5.96. The Morgan fingerprint density at radius 1 is 1.11 bits per heavy atom. The van der Waals surface area contributed by atoms with Crippen LogP contribution < -0.4 is 26.6 Å². The van der Waals surface area contributed by atoms with Crippen molar-refractivity contribution in [2.75, 3.05) is 24.5 Å². The number of urea groups is 1. The van der Waals surface area contributed by atoms with E-state index in [1.807, 2.05) is 6.07 Å². The molecule has 0 radical (unpaired) electrons. The van der Waals surface area contributed by atoms with Gasteiger partial charge in [-0.25, -0.2) is 9.69 Å². The van der Waals surface area contributed by atoms with Gasteiger partial charge in [0.25, 0.3) is 0 Å². The monoisotopic (exact) mass is 372 g/mol. The van der Waals surface area contributed by atoms with Crippen molar-refractivity contribution in [3.05, 3.63) is 30.3 Å². The number of primary amides is 1. The molecule has 3 heterocycles. The van der Waals surface area contributed by atoms with Crippen LogP contribution in [0.5, 0.6) is 0 Å². The first-order valence-electron chi connectivity index (χ1n) is 9.27. The molecule has 9 heteroatoms. The fraction of sp³-hybridized carbons (Fsp3) is 0.500. The average Bonchev–Trinajstić information content (AvgIpc) is 2.68.